The van der Waals surface area contributed by atoms with Gasteiger partial charge in [0.05, 0.1) is 10.7 Å². The van der Waals surface area contributed by atoms with E-state index in [4.69, 9.17) is 29.6 Å². The Hall–Kier alpha value is -1.99. The first-order valence-electron chi connectivity index (χ1n) is 5.70. The molecule has 0 saturated carbocycles. The van der Waals surface area contributed by atoms with Crippen LogP contribution in [0.5, 0.6) is 0 Å². The number of hydrogen-bond donors (Lipinski definition) is 2. The van der Waals surface area contributed by atoms with Gasteiger partial charge in [0.25, 0.3) is 0 Å². The van der Waals surface area contributed by atoms with E-state index in [1.807, 2.05) is 19.1 Å². The number of azo groups is 1. The Balaban J connectivity index is 2.48. The van der Waals surface area contributed by atoms with Crippen molar-refractivity contribution in [2.45, 2.75) is 13.8 Å². The van der Waals surface area contributed by atoms with Crippen LogP contribution in [0.2, 0.25) is 5.02 Å². The highest BCUT2D eigenvalue weighted by Gasteiger charge is 2.12. The molecule has 0 aliphatic rings. The molecule has 1 heterocycles. The third kappa shape index (κ3) is 2.63. The van der Waals surface area contributed by atoms with E-state index in [-0.39, 0.29) is 10.8 Å². The van der Waals surface area contributed by atoms with E-state index in [2.05, 4.69) is 15.3 Å². The third-order valence-corrected chi connectivity index (χ3v) is 3.19. The lowest BCUT2D eigenvalue weighted by Crippen LogP contribution is -2.29. The molecule has 0 aliphatic carbocycles. The Bertz CT molecular complexity index is 741. The molecule has 0 aliphatic heterocycles. The second kappa shape index (κ2) is 5.56. The molecule has 0 fully saturated rings. The fraction of sp³-hybridized carbons (Fsp3) is 0.167. The third-order valence-electron chi connectivity index (χ3n) is 2.70. The van der Waals surface area contributed by atoms with Crippen molar-refractivity contribution in [2.75, 3.05) is 0 Å². The molecule has 8 heteroatoms. The van der Waals surface area contributed by atoms with Crippen molar-refractivity contribution in [3.05, 3.63) is 44.8 Å². The normalized spacial score (nSPS) is 11.2. The summed E-state index contributed by atoms with van der Waals surface area (Å²) in [6.07, 6.45) is 0. The Labute approximate surface area is 125 Å². The summed E-state index contributed by atoms with van der Waals surface area (Å²) >= 11 is 10.8. The summed E-state index contributed by atoms with van der Waals surface area (Å²) in [5, 5.41) is 11.1. The highest BCUT2D eigenvalue weighted by molar-refractivity contribution is 7.80. The standard InChI is InChI=1S/C12H12ClN5OS/c1-6-4-3-5-8(13)9(6)15-16-10-7(2)17-18(11(10)19)12(14)20/h3-5,17H,1-2H3,(H2,14,20). The van der Waals surface area contributed by atoms with Crippen LogP contribution in [0.15, 0.2) is 33.2 Å². The predicted molar refractivity (Wildman–Crippen MR) is 82.3 cm³/mol. The minimum absolute atomic E-state index is 0.0755. The summed E-state index contributed by atoms with van der Waals surface area (Å²) in [6, 6.07) is 5.38. The van der Waals surface area contributed by atoms with Gasteiger partial charge in [-0.05, 0) is 37.7 Å². The molecule has 0 amide bonds. The number of halogens is 1. The van der Waals surface area contributed by atoms with Crippen molar-refractivity contribution >= 4 is 40.3 Å². The van der Waals surface area contributed by atoms with Gasteiger partial charge in [-0.25, -0.2) is 0 Å². The average molecular weight is 310 g/mol. The lowest BCUT2D eigenvalue weighted by Gasteiger charge is -1.99. The fourth-order valence-electron chi connectivity index (χ4n) is 1.66. The molecule has 3 N–H and O–H groups in total. The summed E-state index contributed by atoms with van der Waals surface area (Å²) in [5.74, 6) is 0. The molecule has 0 radical (unpaired) electrons. The molecule has 0 saturated heterocycles. The van der Waals surface area contributed by atoms with Crippen molar-refractivity contribution in [3.8, 4) is 0 Å². The summed E-state index contributed by atoms with van der Waals surface area (Å²) in [7, 11) is 0. The molecule has 1 aromatic heterocycles. The van der Waals surface area contributed by atoms with Crippen LogP contribution in [0, 0.1) is 13.8 Å². The van der Waals surface area contributed by atoms with E-state index in [0.29, 0.717) is 16.4 Å². The van der Waals surface area contributed by atoms with Gasteiger partial charge < -0.3 is 5.73 Å². The van der Waals surface area contributed by atoms with Gasteiger partial charge in [0, 0.05) is 0 Å². The monoisotopic (exact) mass is 309 g/mol. The van der Waals surface area contributed by atoms with Crippen molar-refractivity contribution in [1.29, 1.82) is 0 Å². The maximum absolute atomic E-state index is 12.0. The van der Waals surface area contributed by atoms with Crippen LogP contribution < -0.4 is 11.3 Å². The Morgan fingerprint density at radius 2 is 2.00 bits per heavy atom. The van der Waals surface area contributed by atoms with Crippen LogP contribution in [0.4, 0.5) is 11.4 Å². The van der Waals surface area contributed by atoms with Crippen molar-refractivity contribution in [1.82, 2.24) is 9.78 Å². The van der Waals surface area contributed by atoms with Gasteiger partial charge >= 0.3 is 5.56 Å². The zero-order valence-electron chi connectivity index (χ0n) is 10.8. The van der Waals surface area contributed by atoms with Gasteiger partial charge in [-0.3, -0.25) is 9.89 Å². The minimum Gasteiger partial charge on any atom is -0.374 e. The molecule has 104 valence electrons. The number of aryl methyl sites for hydroxylation is 2. The molecule has 2 aromatic rings. The smallest absolute Gasteiger partial charge is 0.301 e. The second-order valence-corrected chi connectivity index (χ2v) is 5.00. The number of nitrogens with zero attached hydrogens (tertiary/aromatic N) is 3. The van der Waals surface area contributed by atoms with Crippen LogP contribution in [0.3, 0.4) is 0 Å². The number of hydrogen-bond acceptors (Lipinski definition) is 4. The topological polar surface area (TPSA) is 88.5 Å². The van der Waals surface area contributed by atoms with Crippen LogP contribution in [-0.2, 0) is 0 Å². The highest BCUT2D eigenvalue weighted by atomic mass is 35.5. The quantitative estimate of drug-likeness (QED) is 0.660. The predicted octanol–water partition coefficient (Wildman–Crippen LogP) is 2.95. The van der Waals surface area contributed by atoms with Crippen LogP contribution in [0.25, 0.3) is 0 Å². The van der Waals surface area contributed by atoms with Crippen LogP contribution in [0.1, 0.15) is 11.3 Å². The summed E-state index contributed by atoms with van der Waals surface area (Å²) < 4.78 is 1.04. The molecular formula is C12H12ClN5OS. The van der Waals surface area contributed by atoms with E-state index < -0.39 is 5.56 Å². The molecule has 6 nitrogen and oxygen atoms in total. The number of aromatic amines is 1. The van der Waals surface area contributed by atoms with E-state index in [1.54, 1.807) is 13.0 Å². The number of benzene rings is 1. The zero-order chi connectivity index (χ0) is 14.9. The first-order chi connectivity index (χ1) is 9.41. The Kier molecular flexibility index (Phi) is 4.01. The second-order valence-electron chi connectivity index (χ2n) is 4.17. The van der Waals surface area contributed by atoms with E-state index >= 15 is 0 Å². The molecular weight excluding hydrogens is 298 g/mol. The molecule has 0 atom stereocenters. The van der Waals surface area contributed by atoms with E-state index in [9.17, 15) is 4.79 Å². The first-order valence-corrected chi connectivity index (χ1v) is 6.48. The fourth-order valence-corrected chi connectivity index (χ4v) is 2.05. The van der Waals surface area contributed by atoms with Gasteiger partial charge in [0.1, 0.15) is 5.69 Å². The lowest BCUT2D eigenvalue weighted by molar-refractivity contribution is 0.889. The van der Waals surface area contributed by atoms with E-state index in [1.165, 1.54) is 0 Å². The van der Waals surface area contributed by atoms with Crippen molar-refractivity contribution < 1.29 is 0 Å². The summed E-state index contributed by atoms with van der Waals surface area (Å²) in [5.41, 5.74) is 7.04. The zero-order valence-corrected chi connectivity index (χ0v) is 12.4. The lowest BCUT2D eigenvalue weighted by atomic mass is 10.2. The number of aromatic nitrogens is 2. The number of nitrogens with two attached hydrogens (primary N) is 1. The highest BCUT2D eigenvalue weighted by Crippen LogP contribution is 2.29. The maximum atomic E-state index is 12.0. The van der Waals surface area contributed by atoms with Crippen LogP contribution >= 0.6 is 23.8 Å². The summed E-state index contributed by atoms with van der Waals surface area (Å²) in [6.45, 7) is 3.54. The largest absolute Gasteiger partial charge is 0.374 e. The Morgan fingerprint density at radius 1 is 1.35 bits per heavy atom. The molecule has 0 unspecified atom stereocenters. The molecule has 1 aromatic carbocycles. The van der Waals surface area contributed by atoms with E-state index in [0.717, 1.165) is 10.2 Å². The Morgan fingerprint density at radius 3 is 2.55 bits per heavy atom. The molecule has 0 spiro atoms. The number of rotatable bonds is 2. The van der Waals surface area contributed by atoms with Gasteiger partial charge in [-0.2, -0.15) is 4.68 Å². The molecule has 0 bridgehead atoms. The van der Waals surface area contributed by atoms with Crippen LogP contribution in [-0.4, -0.2) is 14.9 Å². The SMILES string of the molecule is Cc1cccc(Cl)c1N=Nc1c(C)[nH]n(C(N)=S)c1=O. The minimum atomic E-state index is -0.441. The summed E-state index contributed by atoms with van der Waals surface area (Å²) in [4.78, 5) is 12.0. The maximum Gasteiger partial charge on any atom is 0.301 e. The van der Waals surface area contributed by atoms with Gasteiger partial charge in [0.15, 0.2) is 10.8 Å². The number of nitrogens with one attached hydrogen (secondary N) is 1. The van der Waals surface area contributed by atoms with Gasteiger partial charge in [-0.15, -0.1) is 10.2 Å². The van der Waals surface area contributed by atoms with Gasteiger partial charge in [-0.1, -0.05) is 23.7 Å². The molecule has 2 rings (SSSR count). The first kappa shape index (κ1) is 14.4. The van der Waals surface area contributed by atoms with Crippen molar-refractivity contribution in [3.63, 3.8) is 0 Å². The molecule has 20 heavy (non-hydrogen) atoms. The van der Waals surface area contributed by atoms with Crippen molar-refractivity contribution in [2.24, 2.45) is 16.0 Å². The number of H-pyrrole nitrogens is 1. The number of thiocarbonyl (C=S) groups is 1. The van der Waals surface area contributed by atoms with Gasteiger partial charge in [0.2, 0.25) is 0 Å². The average Bonchev–Trinajstić information content (AvgIpc) is 2.65.